The molecule has 4 N–H and O–H groups in total. The van der Waals surface area contributed by atoms with Crippen LogP contribution in [0.25, 0.3) is 0 Å². The van der Waals surface area contributed by atoms with E-state index >= 15 is 0 Å². The lowest BCUT2D eigenvalue weighted by molar-refractivity contribution is -0.137. The molecule has 92 valence electrons. The quantitative estimate of drug-likeness (QED) is 0.643. The molecular weight excluding hydrogens is 220 g/mol. The summed E-state index contributed by atoms with van der Waals surface area (Å²) in [5.74, 6) is -0.930. The number of carboxylic acid groups (broad SMARTS) is 1. The van der Waals surface area contributed by atoms with Crippen LogP contribution in [-0.2, 0) is 4.79 Å². The van der Waals surface area contributed by atoms with Crippen molar-refractivity contribution in [2.45, 2.75) is 19.4 Å². The van der Waals surface area contributed by atoms with E-state index in [4.69, 9.17) is 10.8 Å². The number of ketones is 1. The Morgan fingerprint density at radius 3 is 2.76 bits per heavy atom. The van der Waals surface area contributed by atoms with Gasteiger partial charge in [-0.3, -0.25) is 9.59 Å². The van der Waals surface area contributed by atoms with Crippen molar-refractivity contribution in [3.05, 3.63) is 29.8 Å². The number of rotatable bonds is 6. The van der Waals surface area contributed by atoms with Crippen molar-refractivity contribution >= 4 is 17.4 Å². The predicted octanol–water partition coefficient (Wildman–Crippen LogP) is 1.10. The highest BCUT2D eigenvalue weighted by atomic mass is 16.4. The standard InChI is InChI=1S/C12H16N2O3/c1-8(15)9-3-2-4-11(5-9)14-7-10(13)6-12(16)17/h2-5,10,14H,6-7,13H2,1H3,(H,16,17). The zero-order valence-electron chi connectivity index (χ0n) is 9.64. The first-order valence-corrected chi connectivity index (χ1v) is 5.31. The first-order valence-electron chi connectivity index (χ1n) is 5.31. The molecule has 5 heteroatoms. The van der Waals surface area contributed by atoms with Crippen LogP contribution in [0.2, 0.25) is 0 Å². The second kappa shape index (κ2) is 6.00. The molecule has 0 fully saturated rings. The van der Waals surface area contributed by atoms with Crippen LogP contribution in [0.1, 0.15) is 23.7 Å². The highest BCUT2D eigenvalue weighted by Crippen LogP contribution is 2.11. The molecule has 0 amide bonds. The number of aliphatic carboxylic acids is 1. The van der Waals surface area contributed by atoms with Gasteiger partial charge in [0.05, 0.1) is 6.42 Å². The van der Waals surface area contributed by atoms with Crippen molar-refractivity contribution in [2.24, 2.45) is 5.73 Å². The molecule has 1 aromatic rings. The van der Waals surface area contributed by atoms with Gasteiger partial charge < -0.3 is 16.2 Å². The molecule has 1 rings (SSSR count). The van der Waals surface area contributed by atoms with Gasteiger partial charge >= 0.3 is 5.97 Å². The molecule has 0 bridgehead atoms. The lowest BCUT2D eigenvalue weighted by Crippen LogP contribution is -2.31. The summed E-state index contributed by atoms with van der Waals surface area (Å²) in [5, 5.41) is 11.6. The number of hydrogen-bond donors (Lipinski definition) is 3. The van der Waals surface area contributed by atoms with Gasteiger partial charge in [-0.25, -0.2) is 0 Å². The topological polar surface area (TPSA) is 92.4 Å². The normalized spacial score (nSPS) is 11.9. The van der Waals surface area contributed by atoms with Crippen LogP contribution in [0.5, 0.6) is 0 Å². The molecule has 1 atom stereocenters. The summed E-state index contributed by atoms with van der Waals surface area (Å²) in [4.78, 5) is 21.6. The molecule has 5 nitrogen and oxygen atoms in total. The molecule has 17 heavy (non-hydrogen) atoms. The fraction of sp³-hybridized carbons (Fsp3) is 0.333. The lowest BCUT2D eigenvalue weighted by atomic mass is 10.1. The third kappa shape index (κ3) is 4.65. The summed E-state index contributed by atoms with van der Waals surface area (Å²) in [5.41, 5.74) is 6.99. The summed E-state index contributed by atoms with van der Waals surface area (Å²) >= 11 is 0. The fourth-order valence-electron chi connectivity index (χ4n) is 1.39. The predicted molar refractivity (Wildman–Crippen MR) is 65.2 cm³/mol. The average molecular weight is 236 g/mol. The van der Waals surface area contributed by atoms with Crippen LogP contribution in [0.15, 0.2) is 24.3 Å². The number of carboxylic acids is 1. The van der Waals surface area contributed by atoms with E-state index in [0.29, 0.717) is 12.1 Å². The van der Waals surface area contributed by atoms with Crippen molar-refractivity contribution in [3.63, 3.8) is 0 Å². The van der Waals surface area contributed by atoms with E-state index in [1.165, 1.54) is 6.92 Å². The molecule has 1 aromatic carbocycles. The van der Waals surface area contributed by atoms with Crippen LogP contribution >= 0.6 is 0 Å². The maximum absolute atomic E-state index is 11.2. The maximum Gasteiger partial charge on any atom is 0.304 e. The number of Topliss-reactive ketones (excluding diaryl/α,β-unsaturated/α-hetero) is 1. The van der Waals surface area contributed by atoms with Crippen molar-refractivity contribution in [1.29, 1.82) is 0 Å². The molecule has 0 aliphatic rings. The number of carbonyl (C=O) groups is 2. The molecular formula is C12H16N2O3. The Bertz CT molecular complexity index is 418. The first kappa shape index (κ1) is 13.2. The Morgan fingerprint density at radius 2 is 2.18 bits per heavy atom. The van der Waals surface area contributed by atoms with Crippen LogP contribution in [0, 0.1) is 0 Å². The molecule has 0 aromatic heterocycles. The van der Waals surface area contributed by atoms with Gasteiger partial charge in [0, 0.05) is 23.8 Å². The molecule has 0 heterocycles. The zero-order chi connectivity index (χ0) is 12.8. The highest BCUT2D eigenvalue weighted by molar-refractivity contribution is 5.94. The monoisotopic (exact) mass is 236 g/mol. The van der Waals surface area contributed by atoms with Gasteiger partial charge in [-0.1, -0.05) is 12.1 Å². The van der Waals surface area contributed by atoms with Crippen LogP contribution in [0.4, 0.5) is 5.69 Å². The van der Waals surface area contributed by atoms with Gasteiger partial charge in [0.2, 0.25) is 0 Å². The summed E-state index contributed by atoms with van der Waals surface area (Å²) < 4.78 is 0. The van der Waals surface area contributed by atoms with E-state index in [2.05, 4.69) is 5.32 Å². The number of carbonyl (C=O) groups excluding carboxylic acids is 1. The smallest absolute Gasteiger partial charge is 0.304 e. The maximum atomic E-state index is 11.2. The Labute approximate surface area is 99.6 Å². The van der Waals surface area contributed by atoms with E-state index < -0.39 is 12.0 Å². The number of hydrogen-bond acceptors (Lipinski definition) is 4. The first-order chi connectivity index (χ1) is 7.99. The average Bonchev–Trinajstić information content (AvgIpc) is 2.26. The van der Waals surface area contributed by atoms with Crippen molar-refractivity contribution < 1.29 is 14.7 Å². The highest BCUT2D eigenvalue weighted by Gasteiger charge is 2.07. The lowest BCUT2D eigenvalue weighted by Gasteiger charge is -2.12. The van der Waals surface area contributed by atoms with Gasteiger partial charge in [-0.2, -0.15) is 0 Å². The van der Waals surface area contributed by atoms with E-state index in [9.17, 15) is 9.59 Å². The van der Waals surface area contributed by atoms with Crippen molar-refractivity contribution in [1.82, 2.24) is 0 Å². The molecule has 0 radical (unpaired) electrons. The van der Waals surface area contributed by atoms with E-state index in [0.717, 1.165) is 5.69 Å². The fourth-order valence-corrected chi connectivity index (χ4v) is 1.39. The number of benzene rings is 1. The third-order valence-electron chi connectivity index (χ3n) is 2.27. The summed E-state index contributed by atoms with van der Waals surface area (Å²) in [6.45, 7) is 1.85. The Hall–Kier alpha value is -1.88. The van der Waals surface area contributed by atoms with E-state index in [-0.39, 0.29) is 12.2 Å². The molecule has 0 saturated carbocycles. The van der Waals surface area contributed by atoms with E-state index in [1.54, 1.807) is 24.3 Å². The molecule has 1 unspecified atom stereocenters. The zero-order valence-corrected chi connectivity index (χ0v) is 9.64. The molecule has 0 spiro atoms. The van der Waals surface area contributed by atoms with Gasteiger partial charge in [0.1, 0.15) is 0 Å². The Balaban J connectivity index is 2.54. The molecule has 0 aliphatic heterocycles. The van der Waals surface area contributed by atoms with Crippen LogP contribution in [0.3, 0.4) is 0 Å². The SMILES string of the molecule is CC(=O)c1cccc(NCC(N)CC(=O)O)c1. The second-order valence-electron chi connectivity index (χ2n) is 3.88. The molecule has 0 aliphatic carbocycles. The summed E-state index contributed by atoms with van der Waals surface area (Å²) in [7, 11) is 0. The van der Waals surface area contributed by atoms with Gasteiger partial charge in [0.15, 0.2) is 5.78 Å². The van der Waals surface area contributed by atoms with Crippen molar-refractivity contribution in [3.8, 4) is 0 Å². The minimum atomic E-state index is -0.920. The largest absolute Gasteiger partial charge is 0.481 e. The summed E-state index contributed by atoms with van der Waals surface area (Å²) in [6, 6.07) is 6.57. The number of anilines is 1. The minimum absolute atomic E-state index is 0.0107. The van der Waals surface area contributed by atoms with Crippen molar-refractivity contribution in [2.75, 3.05) is 11.9 Å². The third-order valence-corrected chi connectivity index (χ3v) is 2.27. The van der Waals surface area contributed by atoms with Crippen LogP contribution in [-0.4, -0.2) is 29.4 Å². The minimum Gasteiger partial charge on any atom is -0.481 e. The summed E-state index contributed by atoms with van der Waals surface area (Å²) in [6.07, 6.45) is -0.0839. The number of nitrogens with two attached hydrogens (primary N) is 1. The Kier molecular flexibility index (Phi) is 4.66. The van der Waals surface area contributed by atoms with Crippen LogP contribution < -0.4 is 11.1 Å². The van der Waals surface area contributed by atoms with E-state index in [1.807, 2.05) is 0 Å². The molecule has 0 saturated heterocycles. The van der Waals surface area contributed by atoms with Gasteiger partial charge in [-0.05, 0) is 19.1 Å². The van der Waals surface area contributed by atoms with Gasteiger partial charge in [-0.15, -0.1) is 0 Å². The second-order valence-corrected chi connectivity index (χ2v) is 3.88. The Morgan fingerprint density at radius 1 is 1.47 bits per heavy atom. The number of nitrogens with one attached hydrogen (secondary N) is 1. The van der Waals surface area contributed by atoms with Gasteiger partial charge in [0.25, 0.3) is 0 Å².